The average molecular weight is 221 g/mol. The van der Waals surface area contributed by atoms with E-state index in [1.165, 1.54) is 0 Å². The lowest BCUT2D eigenvalue weighted by Gasteiger charge is -2.28. The van der Waals surface area contributed by atoms with Crippen LogP contribution in [0, 0.1) is 11.3 Å². The molecule has 1 aromatic heterocycles. The summed E-state index contributed by atoms with van der Waals surface area (Å²) < 4.78 is 11.2. The van der Waals surface area contributed by atoms with Gasteiger partial charge in [-0.2, -0.15) is 5.26 Å². The summed E-state index contributed by atoms with van der Waals surface area (Å²) in [6.45, 7) is 1.49. The average Bonchev–Trinajstić information content (AvgIpc) is 2.30. The standard InChI is InChI=1S/C10H11N3OS/c11-8-9-10(2-1-3-12-9)13-4-6-15(14)7-5-13/h1-3H,4-7H2. The summed E-state index contributed by atoms with van der Waals surface area (Å²) >= 11 is 0. The number of aromatic nitrogens is 1. The van der Waals surface area contributed by atoms with Crippen molar-refractivity contribution in [2.75, 3.05) is 29.5 Å². The summed E-state index contributed by atoms with van der Waals surface area (Å²) in [4.78, 5) is 6.09. The zero-order chi connectivity index (χ0) is 10.7. The third kappa shape index (κ3) is 2.16. The summed E-state index contributed by atoms with van der Waals surface area (Å²) in [5.74, 6) is 1.36. The van der Waals surface area contributed by atoms with Gasteiger partial charge in [-0.15, -0.1) is 0 Å². The first-order valence-electron chi connectivity index (χ1n) is 4.76. The third-order valence-corrected chi connectivity index (χ3v) is 3.69. The maximum Gasteiger partial charge on any atom is 0.163 e. The van der Waals surface area contributed by atoms with Crippen molar-refractivity contribution >= 4 is 16.5 Å². The lowest BCUT2D eigenvalue weighted by molar-refractivity contribution is 0.673. The van der Waals surface area contributed by atoms with Crippen molar-refractivity contribution in [3.05, 3.63) is 24.0 Å². The number of anilines is 1. The van der Waals surface area contributed by atoms with E-state index in [-0.39, 0.29) is 0 Å². The molecule has 1 fully saturated rings. The third-order valence-electron chi connectivity index (χ3n) is 2.41. The summed E-state index contributed by atoms with van der Waals surface area (Å²) in [5.41, 5.74) is 1.31. The highest BCUT2D eigenvalue weighted by atomic mass is 32.2. The predicted molar refractivity (Wildman–Crippen MR) is 59.0 cm³/mol. The Labute approximate surface area is 91.0 Å². The summed E-state index contributed by atoms with van der Waals surface area (Å²) in [5, 5.41) is 8.90. The molecule has 2 rings (SSSR count). The van der Waals surface area contributed by atoms with Crippen molar-refractivity contribution in [3.63, 3.8) is 0 Å². The van der Waals surface area contributed by atoms with Crippen LogP contribution in [0.25, 0.3) is 0 Å². The van der Waals surface area contributed by atoms with E-state index in [1.807, 2.05) is 12.1 Å². The van der Waals surface area contributed by atoms with Crippen molar-refractivity contribution in [2.24, 2.45) is 0 Å². The molecule has 1 saturated heterocycles. The van der Waals surface area contributed by atoms with Crippen molar-refractivity contribution in [1.29, 1.82) is 5.26 Å². The Kier molecular flexibility index (Phi) is 2.97. The topological polar surface area (TPSA) is 57.0 Å². The molecule has 0 spiro atoms. The Morgan fingerprint density at radius 1 is 1.47 bits per heavy atom. The van der Waals surface area contributed by atoms with E-state index >= 15 is 0 Å². The SMILES string of the molecule is N#Cc1ncccc1N1CCS(=O)CC1. The minimum absolute atomic E-state index is 0.449. The molecule has 0 saturated carbocycles. The fourth-order valence-electron chi connectivity index (χ4n) is 1.62. The molecule has 0 bridgehead atoms. The van der Waals surface area contributed by atoms with Crippen LogP contribution in [0.5, 0.6) is 0 Å². The second-order valence-electron chi connectivity index (χ2n) is 3.32. The van der Waals surface area contributed by atoms with E-state index in [2.05, 4.69) is 16.0 Å². The first-order chi connectivity index (χ1) is 7.31. The normalized spacial score (nSPS) is 17.4. The smallest absolute Gasteiger partial charge is 0.163 e. The Balaban J connectivity index is 2.23. The van der Waals surface area contributed by atoms with Crippen molar-refractivity contribution < 1.29 is 4.21 Å². The molecule has 0 amide bonds. The van der Waals surface area contributed by atoms with Crippen LogP contribution in [0.3, 0.4) is 0 Å². The molecular formula is C10H11N3OS. The Morgan fingerprint density at radius 3 is 2.87 bits per heavy atom. The molecule has 0 unspecified atom stereocenters. The minimum atomic E-state index is -0.688. The molecule has 4 nitrogen and oxygen atoms in total. The molecule has 0 aliphatic carbocycles. The highest BCUT2D eigenvalue weighted by Crippen LogP contribution is 2.18. The van der Waals surface area contributed by atoms with E-state index in [0.717, 1.165) is 18.8 Å². The van der Waals surface area contributed by atoms with Crippen molar-refractivity contribution in [3.8, 4) is 6.07 Å². The molecule has 1 aliphatic heterocycles. The second-order valence-corrected chi connectivity index (χ2v) is 5.01. The second kappa shape index (κ2) is 4.41. The highest BCUT2D eigenvalue weighted by Gasteiger charge is 2.17. The number of hydrogen-bond donors (Lipinski definition) is 0. The van der Waals surface area contributed by atoms with Gasteiger partial charge in [0.1, 0.15) is 6.07 Å². The molecule has 1 aliphatic rings. The largest absolute Gasteiger partial charge is 0.367 e. The molecule has 0 radical (unpaired) electrons. The van der Waals surface area contributed by atoms with Crippen molar-refractivity contribution in [2.45, 2.75) is 0 Å². The van der Waals surface area contributed by atoms with Gasteiger partial charge in [0.2, 0.25) is 0 Å². The van der Waals surface area contributed by atoms with Crippen LogP contribution in [-0.4, -0.2) is 33.8 Å². The fraction of sp³-hybridized carbons (Fsp3) is 0.400. The first kappa shape index (κ1) is 10.1. The molecule has 0 aromatic carbocycles. The maximum absolute atomic E-state index is 11.2. The van der Waals surface area contributed by atoms with Gasteiger partial charge in [-0.25, -0.2) is 4.98 Å². The molecule has 0 N–H and O–H groups in total. The molecule has 5 heteroatoms. The minimum Gasteiger partial charge on any atom is -0.367 e. The van der Waals surface area contributed by atoms with Gasteiger partial charge in [0.05, 0.1) is 5.69 Å². The molecular weight excluding hydrogens is 210 g/mol. The quantitative estimate of drug-likeness (QED) is 0.694. The number of nitrogens with zero attached hydrogens (tertiary/aromatic N) is 3. The molecule has 15 heavy (non-hydrogen) atoms. The lowest BCUT2D eigenvalue weighted by atomic mass is 10.2. The lowest BCUT2D eigenvalue weighted by Crippen LogP contribution is -2.38. The highest BCUT2D eigenvalue weighted by molar-refractivity contribution is 7.85. The van der Waals surface area contributed by atoms with Crippen LogP contribution in [0.15, 0.2) is 18.3 Å². The summed E-state index contributed by atoms with van der Waals surface area (Å²) in [7, 11) is -0.688. The van der Waals surface area contributed by atoms with Crippen LogP contribution >= 0.6 is 0 Å². The van der Waals surface area contributed by atoms with Crippen molar-refractivity contribution in [1.82, 2.24) is 4.98 Å². The Bertz CT molecular complexity index is 417. The molecule has 78 valence electrons. The Hall–Kier alpha value is -1.41. The Morgan fingerprint density at radius 2 is 2.20 bits per heavy atom. The van der Waals surface area contributed by atoms with E-state index in [4.69, 9.17) is 5.26 Å². The van der Waals surface area contributed by atoms with E-state index in [1.54, 1.807) is 6.20 Å². The number of hydrogen-bond acceptors (Lipinski definition) is 4. The number of rotatable bonds is 1. The van der Waals surface area contributed by atoms with Crippen LogP contribution in [0.2, 0.25) is 0 Å². The van der Waals surface area contributed by atoms with Crippen LogP contribution in [0.1, 0.15) is 5.69 Å². The first-order valence-corrected chi connectivity index (χ1v) is 6.25. The number of pyridine rings is 1. The van der Waals surface area contributed by atoms with Gasteiger partial charge in [-0.3, -0.25) is 4.21 Å². The van der Waals surface area contributed by atoms with Gasteiger partial charge in [-0.05, 0) is 12.1 Å². The van der Waals surface area contributed by atoms with E-state index < -0.39 is 10.8 Å². The van der Waals surface area contributed by atoms with E-state index in [0.29, 0.717) is 17.2 Å². The fourth-order valence-corrected chi connectivity index (χ4v) is 2.67. The van der Waals surface area contributed by atoms with Gasteiger partial charge in [0, 0.05) is 41.6 Å². The van der Waals surface area contributed by atoms with Crippen LogP contribution in [0.4, 0.5) is 5.69 Å². The zero-order valence-electron chi connectivity index (χ0n) is 8.22. The van der Waals surface area contributed by atoms with Crippen LogP contribution in [-0.2, 0) is 10.8 Å². The zero-order valence-corrected chi connectivity index (χ0v) is 9.04. The molecule has 2 heterocycles. The predicted octanol–water partition coefficient (Wildman–Crippen LogP) is 0.522. The monoisotopic (exact) mass is 221 g/mol. The van der Waals surface area contributed by atoms with E-state index in [9.17, 15) is 4.21 Å². The van der Waals surface area contributed by atoms with Gasteiger partial charge in [0.25, 0.3) is 0 Å². The molecule has 1 aromatic rings. The summed E-state index contributed by atoms with van der Waals surface area (Å²) in [6.07, 6.45) is 1.62. The molecule has 0 atom stereocenters. The van der Waals surface area contributed by atoms with Crippen LogP contribution < -0.4 is 4.90 Å². The summed E-state index contributed by atoms with van der Waals surface area (Å²) in [6, 6.07) is 5.79. The van der Waals surface area contributed by atoms with Gasteiger partial charge >= 0.3 is 0 Å². The van der Waals surface area contributed by atoms with Gasteiger partial charge in [-0.1, -0.05) is 0 Å². The van der Waals surface area contributed by atoms with Gasteiger partial charge < -0.3 is 4.90 Å². The number of nitriles is 1. The van der Waals surface area contributed by atoms with Gasteiger partial charge in [0.15, 0.2) is 5.69 Å². The maximum atomic E-state index is 11.2.